The number of alkyl halides is 2. The maximum Gasteiger partial charge on any atom is 0.355 e. The van der Waals surface area contributed by atoms with Gasteiger partial charge in [0.2, 0.25) is 5.91 Å². The summed E-state index contributed by atoms with van der Waals surface area (Å²) in [5.41, 5.74) is 1.77. The van der Waals surface area contributed by atoms with Crippen LogP contribution in [0.25, 0.3) is 16.7 Å². The molecule has 12 heteroatoms. The van der Waals surface area contributed by atoms with Crippen LogP contribution in [0.15, 0.2) is 35.8 Å². The maximum atomic E-state index is 14.0. The lowest BCUT2D eigenvalue weighted by atomic mass is 10.0. The summed E-state index contributed by atoms with van der Waals surface area (Å²) in [5.74, 6) is 0.417. The van der Waals surface area contributed by atoms with Crippen LogP contribution in [0, 0.1) is 6.92 Å². The Labute approximate surface area is 256 Å². The Bertz CT molecular complexity index is 1590. The van der Waals surface area contributed by atoms with E-state index in [1.807, 2.05) is 45.6 Å². The molecule has 1 unspecified atom stereocenters. The summed E-state index contributed by atoms with van der Waals surface area (Å²) in [4.78, 5) is 45.8. The molecule has 0 aromatic carbocycles. The van der Waals surface area contributed by atoms with E-state index in [-0.39, 0.29) is 47.8 Å². The second-order valence-electron chi connectivity index (χ2n) is 11.5. The lowest BCUT2D eigenvalue weighted by Crippen LogP contribution is -2.58. The van der Waals surface area contributed by atoms with E-state index in [1.54, 1.807) is 22.1 Å². The molecule has 3 aromatic heterocycles. The van der Waals surface area contributed by atoms with Crippen molar-refractivity contribution >= 4 is 40.2 Å². The molecular formula is C31H40ClF2N7O2. The molecule has 0 N–H and O–H groups in total. The Hall–Kier alpha value is -3.60. The number of hydrogen-bond donors (Lipinski definition) is 0. The monoisotopic (exact) mass is 615 g/mol. The molecule has 0 aliphatic carbocycles. The molecule has 0 bridgehead atoms. The van der Waals surface area contributed by atoms with Crippen LogP contribution < -0.4 is 15.5 Å². The number of nitrogens with zero attached hydrogens (tertiary/aromatic N) is 7. The summed E-state index contributed by atoms with van der Waals surface area (Å²) in [7, 11) is 0. The van der Waals surface area contributed by atoms with Gasteiger partial charge in [0.05, 0.1) is 27.8 Å². The number of hydrogen-bond acceptors (Lipinski definition) is 7. The topological polar surface area (TPSA) is 87.5 Å². The lowest BCUT2D eigenvalue weighted by Gasteiger charge is -2.44. The molecule has 43 heavy (non-hydrogen) atoms. The van der Waals surface area contributed by atoms with Gasteiger partial charge in [0.15, 0.2) is 5.65 Å². The van der Waals surface area contributed by atoms with E-state index < -0.39 is 18.2 Å². The number of carbonyl (C=O) groups is 1. The van der Waals surface area contributed by atoms with E-state index >= 15 is 0 Å². The molecule has 9 nitrogen and oxygen atoms in total. The first-order valence-corrected chi connectivity index (χ1v) is 14.7. The number of amides is 1. The molecule has 5 heterocycles. The van der Waals surface area contributed by atoms with Crippen LogP contribution >= 0.6 is 11.6 Å². The molecule has 3 atom stereocenters. The van der Waals surface area contributed by atoms with Gasteiger partial charge in [-0.25, -0.2) is 23.1 Å². The zero-order valence-electron chi connectivity index (χ0n) is 24.5. The molecule has 1 amide bonds. The Morgan fingerprint density at radius 2 is 1.86 bits per heavy atom. The summed E-state index contributed by atoms with van der Waals surface area (Å²) in [6.07, 6.45) is 1.34. The Kier molecular flexibility index (Phi) is 9.44. The minimum Gasteiger partial charge on any atom is -0.349 e. The first-order chi connectivity index (χ1) is 19.9. The van der Waals surface area contributed by atoms with Crippen LogP contribution in [-0.2, 0) is 4.79 Å². The smallest absolute Gasteiger partial charge is 0.349 e. The molecule has 0 spiro atoms. The van der Waals surface area contributed by atoms with Gasteiger partial charge in [-0.05, 0) is 63.3 Å². The molecule has 232 valence electrons. The SMILES string of the molecule is C.C=CC(=O)N1C[C@H](C)N(c2nc(=O)n(-c3c(C)ccnc3C(C)C)c3nc(N4CCCC4C(F)F)c(Cl)cc23)C[C@H]1C. The number of anilines is 2. The number of aromatic nitrogens is 4. The Morgan fingerprint density at radius 3 is 2.51 bits per heavy atom. The van der Waals surface area contributed by atoms with Gasteiger partial charge >= 0.3 is 5.69 Å². The van der Waals surface area contributed by atoms with Crippen molar-refractivity contribution in [2.45, 2.75) is 85.4 Å². The minimum absolute atomic E-state index is 0. The first kappa shape index (κ1) is 32.3. The van der Waals surface area contributed by atoms with Gasteiger partial charge < -0.3 is 14.7 Å². The van der Waals surface area contributed by atoms with Crippen molar-refractivity contribution < 1.29 is 13.6 Å². The van der Waals surface area contributed by atoms with E-state index in [1.165, 1.54) is 10.6 Å². The van der Waals surface area contributed by atoms with Crippen molar-refractivity contribution in [1.29, 1.82) is 0 Å². The molecule has 2 fully saturated rings. The van der Waals surface area contributed by atoms with E-state index in [0.717, 1.165) is 5.56 Å². The third-order valence-electron chi connectivity index (χ3n) is 8.29. The molecule has 5 rings (SSSR count). The molecule has 2 saturated heterocycles. The van der Waals surface area contributed by atoms with E-state index in [4.69, 9.17) is 16.6 Å². The molecular weight excluding hydrogens is 576 g/mol. The quantitative estimate of drug-likeness (QED) is 0.327. The molecule has 0 radical (unpaired) electrons. The summed E-state index contributed by atoms with van der Waals surface area (Å²) in [5, 5.41) is 0.716. The highest BCUT2D eigenvalue weighted by Crippen LogP contribution is 2.38. The average molecular weight is 616 g/mol. The van der Waals surface area contributed by atoms with Crippen LogP contribution in [0.5, 0.6) is 0 Å². The normalized spacial score (nSPS) is 20.7. The predicted octanol–water partition coefficient (Wildman–Crippen LogP) is 5.74. The highest BCUT2D eigenvalue weighted by atomic mass is 35.5. The number of fused-ring (bicyclic) bond motifs is 1. The third-order valence-corrected chi connectivity index (χ3v) is 8.56. The highest BCUT2D eigenvalue weighted by molar-refractivity contribution is 6.33. The highest BCUT2D eigenvalue weighted by Gasteiger charge is 2.36. The number of pyridine rings is 2. The summed E-state index contributed by atoms with van der Waals surface area (Å²) < 4.78 is 29.4. The minimum atomic E-state index is -2.57. The molecule has 3 aromatic rings. The number of carbonyl (C=O) groups excluding carboxylic acids is 1. The number of rotatable bonds is 6. The lowest BCUT2D eigenvalue weighted by molar-refractivity contribution is -0.128. The summed E-state index contributed by atoms with van der Waals surface area (Å²) >= 11 is 6.80. The van der Waals surface area contributed by atoms with Crippen molar-refractivity contribution in [3.05, 3.63) is 57.7 Å². The largest absolute Gasteiger partial charge is 0.355 e. The molecule has 2 aliphatic heterocycles. The third kappa shape index (κ3) is 5.71. The predicted molar refractivity (Wildman–Crippen MR) is 168 cm³/mol. The maximum absolute atomic E-state index is 14.0. The van der Waals surface area contributed by atoms with Gasteiger partial charge in [-0.3, -0.25) is 9.78 Å². The second-order valence-corrected chi connectivity index (χ2v) is 11.9. The van der Waals surface area contributed by atoms with Crippen molar-refractivity contribution in [2.24, 2.45) is 0 Å². The van der Waals surface area contributed by atoms with Gasteiger partial charge in [-0.1, -0.05) is 39.5 Å². The Morgan fingerprint density at radius 1 is 1.14 bits per heavy atom. The van der Waals surface area contributed by atoms with Crippen molar-refractivity contribution in [2.75, 3.05) is 29.4 Å². The van der Waals surface area contributed by atoms with Crippen LogP contribution in [-0.4, -0.2) is 74.5 Å². The van der Waals surface area contributed by atoms with Crippen LogP contribution in [0.1, 0.15) is 65.1 Å². The second kappa shape index (κ2) is 12.6. The number of halogens is 3. The molecule has 0 saturated carbocycles. The average Bonchev–Trinajstić information content (AvgIpc) is 3.44. The van der Waals surface area contributed by atoms with Gasteiger partial charge in [-0.15, -0.1) is 0 Å². The molecule has 2 aliphatic rings. The summed E-state index contributed by atoms with van der Waals surface area (Å²) in [6, 6.07) is 2.10. The number of piperazine rings is 1. The van der Waals surface area contributed by atoms with Gasteiger partial charge in [0, 0.05) is 37.9 Å². The van der Waals surface area contributed by atoms with Crippen molar-refractivity contribution in [1.82, 2.24) is 24.4 Å². The zero-order valence-corrected chi connectivity index (χ0v) is 25.3. The van der Waals surface area contributed by atoms with Crippen LogP contribution in [0.4, 0.5) is 20.4 Å². The fourth-order valence-electron chi connectivity index (χ4n) is 6.17. The van der Waals surface area contributed by atoms with Crippen LogP contribution in [0.3, 0.4) is 0 Å². The fraction of sp³-hybridized carbons (Fsp3) is 0.516. The summed E-state index contributed by atoms with van der Waals surface area (Å²) in [6.45, 7) is 14.6. The van der Waals surface area contributed by atoms with Crippen molar-refractivity contribution in [3.8, 4) is 5.69 Å². The fourth-order valence-corrected chi connectivity index (χ4v) is 6.43. The first-order valence-electron chi connectivity index (χ1n) is 14.3. The number of aryl methyl sites for hydroxylation is 1. The van der Waals surface area contributed by atoms with Crippen molar-refractivity contribution in [3.63, 3.8) is 0 Å². The van der Waals surface area contributed by atoms with E-state index in [0.29, 0.717) is 55.1 Å². The van der Waals surface area contributed by atoms with Gasteiger partial charge in [0.1, 0.15) is 11.6 Å². The van der Waals surface area contributed by atoms with Gasteiger partial charge in [-0.2, -0.15) is 4.98 Å². The van der Waals surface area contributed by atoms with E-state index in [9.17, 15) is 18.4 Å². The standard InChI is InChI=1S/C30H36ClF2N7O2.CH4/c1-7-23(41)38-14-19(6)39(15-18(38)5)27-20-13-21(31)29(37-12-8-9-22(37)26(32)33)35-28(20)40(30(42)36-27)25-17(4)10-11-34-24(25)16(2)3;/h7,10-11,13,16,18-19,22,26H,1,8-9,12,14-15H2,2-6H3;1H4/t18-,19+,22?;/m1./s1. The van der Waals surface area contributed by atoms with Gasteiger partial charge in [0.25, 0.3) is 6.43 Å². The Balaban J connectivity index is 0.00000423. The van der Waals surface area contributed by atoms with E-state index in [2.05, 4.69) is 16.5 Å². The zero-order chi connectivity index (χ0) is 30.5. The van der Waals surface area contributed by atoms with Crippen LogP contribution in [0.2, 0.25) is 5.02 Å².